The number of phenols is 2. The molecule has 3 aromatic rings. The Hall–Kier alpha value is -2.54. The monoisotopic (exact) mass is 513 g/mol. The third-order valence-electron chi connectivity index (χ3n) is 6.74. The zero-order valence-electron chi connectivity index (χ0n) is 19.8. The molecule has 2 aliphatic heterocycles. The van der Waals surface area contributed by atoms with Crippen molar-refractivity contribution in [1.29, 1.82) is 0 Å². The molecule has 0 aromatic heterocycles. The number of rotatable bonds is 7. The van der Waals surface area contributed by atoms with E-state index in [1.807, 2.05) is 30.3 Å². The zero-order chi connectivity index (χ0) is 23.5. The maximum absolute atomic E-state index is 10.1. The molecule has 2 heterocycles. The van der Waals surface area contributed by atoms with Crippen LogP contribution in [-0.2, 0) is 0 Å². The summed E-state index contributed by atoms with van der Waals surface area (Å²) >= 11 is 1.64. The van der Waals surface area contributed by atoms with Crippen molar-refractivity contribution in [2.75, 3.05) is 26.2 Å². The molecule has 0 amide bonds. The number of hydrogen-bond donors (Lipinski definition) is 2. The van der Waals surface area contributed by atoms with Crippen molar-refractivity contribution >= 4 is 24.2 Å². The second kappa shape index (κ2) is 11.5. The van der Waals surface area contributed by atoms with E-state index in [2.05, 4.69) is 24.0 Å². The Labute approximate surface area is 217 Å². The zero-order valence-corrected chi connectivity index (χ0v) is 21.4. The molecule has 7 heteroatoms. The number of halogens is 1. The molecule has 0 aliphatic carbocycles. The quantitative estimate of drug-likeness (QED) is 0.371. The molecule has 2 aliphatic rings. The van der Waals surface area contributed by atoms with Gasteiger partial charge < -0.3 is 19.7 Å². The van der Waals surface area contributed by atoms with Crippen LogP contribution in [0.3, 0.4) is 0 Å². The van der Waals surface area contributed by atoms with Crippen molar-refractivity contribution in [2.45, 2.75) is 36.0 Å². The molecule has 3 atom stereocenters. The van der Waals surface area contributed by atoms with Gasteiger partial charge in [-0.15, -0.1) is 24.2 Å². The summed E-state index contributed by atoms with van der Waals surface area (Å²) in [5.41, 5.74) is 2.01. The molecule has 2 N–H and O–H groups in total. The average molecular weight is 514 g/mol. The third kappa shape index (κ3) is 6.00. The van der Waals surface area contributed by atoms with Gasteiger partial charge in [-0.2, -0.15) is 0 Å². The normalized spacial score (nSPS) is 21.6. The summed E-state index contributed by atoms with van der Waals surface area (Å²) in [6.07, 6.45) is 2.32. The highest BCUT2D eigenvalue weighted by Gasteiger charge is 2.34. The topological polar surface area (TPSA) is 62.2 Å². The van der Waals surface area contributed by atoms with E-state index in [4.69, 9.17) is 9.47 Å². The standard InChI is InChI=1S/C28H31NO4S.ClH/c1-2-19-12-13-29(18-19)14-15-32-24-9-6-20(7-10-24)27-28(21-4-3-5-22(30)16-21)34-26-17-23(31)8-11-25(26)33-27;/h3-11,16-17,19,27-28,30-31H,2,12-15,18H2,1H3;1H/t19-,27+,28-;/m1./s1. The van der Waals surface area contributed by atoms with E-state index in [9.17, 15) is 10.2 Å². The SMILES string of the molecule is CC[C@@H]1CCN(CCOc2ccc([C@@H]3Oc4ccc(O)cc4S[C@@H]3c3cccc(O)c3)cc2)C1.Cl. The van der Waals surface area contributed by atoms with Gasteiger partial charge in [0.25, 0.3) is 0 Å². The lowest BCUT2D eigenvalue weighted by molar-refractivity contribution is 0.190. The average Bonchev–Trinajstić information content (AvgIpc) is 3.32. The fourth-order valence-electron chi connectivity index (χ4n) is 4.77. The first-order valence-electron chi connectivity index (χ1n) is 12.0. The van der Waals surface area contributed by atoms with Crippen LogP contribution in [0.5, 0.6) is 23.0 Å². The van der Waals surface area contributed by atoms with Crippen LogP contribution in [0, 0.1) is 5.92 Å². The molecule has 0 saturated carbocycles. The van der Waals surface area contributed by atoms with Gasteiger partial charge in [-0.1, -0.05) is 37.6 Å². The largest absolute Gasteiger partial charge is 0.508 e. The van der Waals surface area contributed by atoms with Gasteiger partial charge in [-0.3, -0.25) is 4.90 Å². The molecular weight excluding hydrogens is 482 g/mol. The van der Waals surface area contributed by atoms with E-state index in [0.717, 1.165) is 40.0 Å². The molecule has 3 aromatic carbocycles. The fourth-order valence-corrected chi connectivity index (χ4v) is 6.08. The molecule has 35 heavy (non-hydrogen) atoms. The molecule has 0 radical (unpaired) electrons. The Bertz CT molecular complexity index is 1130. The van der Waals surface area contributed by atoms with Crippen LogP contribution in [0.4, 0.5) is 0 Å². The van der Waals surface area contributed by atoms with E-state index in [1.165, 1.54) is 25.9 Å². The highest BCUT2D eigenvalue weighted by molar-refractivity contribution is 7.99. The highest BCUT2D eigenvalue weighted by Crippen LogP contribution is 2.54. The van der Waals surface area contributed by atoms with Gasteiger partial charge in [0.2, 0.25) is 0 Å². The number of ether oxygens (including phenoxy) is 2. The van der Waals surface area contributed by atoms with Crippen LogP contribution in [0.15, 0.2) is 71.6 Å². The summed E-state index contributed by atoms with van der Waals surface area (Å²) in [6.45, 7) is 6.28. The predicted octanol–water partition coefficient (Wildman–Crippen LogP) is 6.60. The molecule has 1 fully saturated rings. The molecule has 186 valence electrons. The van der Waals surface area contributed by atoms with Crippen LogP contribution in [0.1, 0.15) is 42.2 Å². The highest BCUT2D eigenvalue weighted by atomic mass is 35.5. The summed E-state index contributed by atoms with van der Waals surface area (Å²) in [7, 11) is 0. The summed E-state index contributed by atoms with van der Waals surface area (Å²) in [5, 5.41) is 19.9. The van der Waals surface area contributed by atoms with Gasteiger partial charge in [-0.05, 0) is 72.5 Å². The summed E-state index contributed by atoms with van der Waals surface area (Å²) in [6, 6.07) is 20.6. The Kier molecular flexibility index (Phi) is 8.37. The molecular formula is C28H32ClNO4S. The number of fused-ring (bicyclic) bond motifs is 1. The number of benzene rings is 3. The predicted molar refractivity (Wildman–Crippen MR) is 142 cm³/mol. The van der Waals surface area contributed by atoms with E-state index in [0.29, 0.717) is 6.61 Å². The minimum atomic E-state index is -0.242. The van der Waals surface area contributed by atoms with Crippen molar-refractivity contribution < 1.29 is 19.7 Å². The van der Waals surface area contributed by atoms with Crippen molar-refractivity contribution in [3.05, 3.63) is 77.9 Å². The lowest BCUT2D eigenvalue weighted by Gasteiger charge is -2.34. The first-order chi connectivity index (χ1) is 16.6. The van der Waals surface area contributed by atoms with E-state index < -0.39 is 0 Å². The molecule has 0 unspecified atom stereocenters. The Balaban J connectivity index is 0.00000289. The number of phenolic OH excluding ortho intramolecular Hbond substituents is 2. The lowest BCUT2D eigenvalue weighted by Crippen LogP contribution is -2.26. The van der Waals surface area contributed by atoms with Gasteiger partial charge in [0.15, 0.2) is 0 Å². The lowest BCUT2D eigenvalue weighted by atomic mass is 10.00. The van der Waals surface area contributed by atoms with E-state index in [-0.39, 0.29) is 35.3 Å². The molecule has 0 bridgehead atoms. The number of nitrogens with zero attached hydrogens (tertiary/aromatic N) is 1. The number of hydrogen-bond acceptors (Lipinski definition) is 6. The molecule has 5 rings (SSSR count). The number of aromatic hydroxyl groups is 2. The maximum atomic E-state index is 10.1. The van der Waals surface area contributed by atoms with Crippen LogP contribution < -0.4 is 9.47 Å². The summed E-state index contributed by atoms with van der Waals surface area (Å²) in [5.74, 6) is 2.88. The van der Waals surface area contributed by atoms with Crippen molar-refractivity contribution in [3.63, 3.8) is 0 Å². The number of thioether (sulfide) groups is 1. The van der Waals surface area contributed by atoms with Crippen LogP contribution in [-0.4, -0.2) is 41.4 Å². The fraction of sp³-hybridized carbons (Fsp3) is 0.357. The molecule has 1 saturated heterocycles. The van der Waals surface area contributed by atoms with E-state index >= 15 is 0 Å². The van der Waals surface area contributed by atoms with Crippen molar-refractivity contribution in [3.8, 4) is 23.0 Å². The maximum Gasteiger partial charge on any atom is 0.140 e. The van der Waals surface area contributed by atoms with Gasteiger partial charge in [0.1, 0.15) is 35.7 Å². The first-order valence-corrected chi connectivity index (χ1v) is 12.9. The minimum absolute atomic E-state index is 0. The van der Waals surface area contributed by atoms with Gasteiger partial charge in [-0.25, -0.2) is 0 Å². The van der Waals surface area contributed by atoms with Crippen LogP contribution >= 0.6 is 24.2 Å². The van der Waals surface area contributed by atoms with Crippen LogP contribution in [0.25, 0.3) is 0 Å². The second-order valence-electron chi connectivity index (χ2n) is 9.08. The minimum Gasteiger partial charge on any atom is -0.508 e. The summed E-state index contributed by atoms with van der Waals surface area (Å²) < 4.78 is 12.5. The van der Waals surface area contributed by atoms with Crippen molar-refractivity contribution in [1.82, 2.24) is 4.90 Å². The van der Waals surface area contributed by atoms with Gasteiger partial charge in [0, 0.05) is 13.1 Å². The number of likely N-dealkylation sites (tertiary alicyclic amines) is 1. The summed E-state index contributed by atoms with van der Waals surface area (Å²) in [4.78, 5) is 3.38. The van der Waals surface area contributed by atoms with Gasteiger partial charge in [0.05, 0.1) is 10.1 Å². The Morgan fingerprint density at radius 1 is 1.00 bits per heavy atom. The van der Waals surface area contributed by atoms with Gasteiger partial charge >= 0.3 is 0 Å². The third-order valence-corrected chi connectivity index (χ3v) is 8.09. The second-order valence-corrected chi connectivity index (χ2v) is 10.3. The Morgan fingerprint density at radius 2 is 1.80 bits per heavy atom. The van der Waals surface area contributed by atoms with E-state index in [1.54, 1.807) is 36.0 Å². The molecule has 5 nitrogen and oxygen atoms in total. The smallest absolute Gasteiger partial charge is 0.140 e. The molecule has 0 spiro atoms. The first kappa shape index (κ1) is 25.5. The van der Waals surface area contributed by atoms with Crippen molar-refractivity contribution in [2.24, 2.45) is 5.92 Å². The Morgan fingerprint density at radius 3 is 2.54 bits per heavy atom. The van der Waals surface area contributed by atoms with Crippen LogP contribution in [0.2, 0.25) is 0 Å².